The van der Waals surface area contributed by atoms with Crippen LogP contribution in [0.1, 0.15) is 27.0 Å². The van der Waals surface area contributed by atoms with Crippen molar-refractivity contribution in [2.75, 3.05) is 12.8 Å². The highest BCUT2D eigenvalue weighted by Crippen LogP contribution is 2.17. The van der Waals surface area contributed by atoms with Crippen LogP contribution in [0.4, 0.5) is 5.69 Å². The predicted octanol–water partition coefficient (Wildman–Crippen LogP) is 3.16. The Hall–Kier alpha value is -2.29. The summed E-state index contributed by atoms with van der Waals surface area (Å²) >= 11 is 0. The van der Waals surface area contributed by atoms with Crippen LogP contribution in [0, 0.1) is 13.8 Å². The topological polar surface area (TPSA) is 46.3 Å². The maximum atomic E-state index is 12.5. The summed E-state index contributed by atoms with van der Waals surface area (Å²) in [7, 11) is 1.82. The van der Waals surface area contributed by atoms with Crippen LogP contribution in [-0.2, 0) is 6.54 Å². The summed E-state index contributed by atoms with van der Waals surface area (Å²) in [5.41, 5.74) is 10.3. The van der Waals surface area contributed by atoms with Crippen LogP contribution in [-0.4, -0.2) is 17.9 Å². The van der Waals surface area contributed by atoms with Gasteiger partial charge in [0.25, 0.3) is 5.91 Å². The highest BCUT2D eigenvalue weighted by molar-refractivity contribution is 5.96. The lowest BCUT2D eigenvalue weighted by Gasteiger charge is -2.19. The minimum atomic E-state index is -0.00180. The number of amides is 1. The number of hydrogen-bond donors (Lipinski definition) is 1. The number of carbonyl (C=O) groups is 1. The molecule has 0 aromatic heterocycles. The first-order valence-electron chi connectivity index (χ1n) is 6.65. The van der Waals surface area contributed by atoms with Crippen molar-refractivity contribution in [1.29, 1.82) is 0 Å². The van der Waals surface area contributed by atoms with Crippen LogP contribution >= 0.6 is 0 Å². The first-order chi connectivity index (χ1) is 9.49. The molecule has 0 spiro atoms. The second-order valence-electron chi connectivity index (χ2n) is 5.16. The van der Waals surface area contributed by atoms with E-state index < -0.39 is 0 Å². The van der Waals surface area contributed by atoms with Gasteiger partial charge in [-0.25, -0.2) is 0 Å². The number of carbonyl (C=O) groups excluding carboxylic acids is 1. The zero-order chi connectivity index (χ0) is 14.7. The van der Waals surface area contributed by atoms with Crippen LogP contribution in [0.15, 0.2) is 42.5 Å². The second kappa shape index (κ2) is 5.78. The number of nitrogens with two attached hydrogens (primary N) is 1. The zero-order valence-corrected chi connectivity index (χ0v) is 12.2. The molecule has 2 aromatic rings. The average Bonchev–Trinajstić information content (AvgIpc) is 2.43. The molecule has 3 nitrogen and oxygen atoms in total. The third-order valence-electron chi connectivity index (χ3n) is 3.51. The van der Waals surface area contributed by atoms with Crippen LogP contribution in [0.2, 0.25) is 0 Å². The lowest BCUT2D eigenvalue weighted by atomic mass is 10.1. The Morgan fingerprint density at radius 2 is 1.80 bits per heavy atom. The van der Waals surface area contributed by atoms with Crippen LogP contribution < -0.4 is 5.73 Å². The predicted molar refractivity (Wildman–Crippen MR) is 82.6 cm³/mol. The number of nitrogen functional groups attached to an aromatic ring is 1. The van der Waals surface area contributed by atoms with Gasteiger partial charge in [-0.2, -0.15) is 0 Å². The van der Waals surface area contributed by atoms with E-state index in [1.165, 1.54) is 5.56 Å². The van der Waals surface area contributed by atoms with Gasteiger partial charge >= 0.3 is 0 Å². The van der Waals surface area contributed by atoms with Crippen molar-refractivity contribution in [3.63, 3.8) is 0 Å². The summed E-state index contributed by atoms with van der Waals surface area (Å²) in [5, 5.41) is 0. The van der Waals surface area contributed by atoms with Gasteiger partial charge in [0.1, 0.15) is 0 Å². The Bertz CT molecular complexity index is 635. The SMILES string of the molecule is Cc1ccccc1CN(C)C(=O)c1cc(N)ccc1C. The number of benzene rings is 2. The molecule has 0 bridgehead atoms. The van der Waals surface area contributed by atoms with E-state index in [1.54, 1.807) is 11.0 Å². The summed E-state index contributed by atoms with van der Waals surface area (Å²) in [5.74, 6) is -0.00180. The Morgan fingerprint density at radius 1 is 1.10 bits per heavy atom. The maximum Gasteiger partial charge on any atom is 0.254 e. The number of hydrogen-bond acceptors (Lipinski definition) is 2. The molecule has 0 atom stereocenters. The van der Waals surface area contributed by atoms with Crippen molar-refractivity contribution in [2.24, 2.45) is 0 Å². The molecule has 1 amide bonds. The summed E-state index contributed by atoms with van der Waals surface area (Å²) < 4.78 is 0. The summed E-state index contributed by atoms with van der Waals surface area (Å²) in [6.45, 7) is 4.58. The van der Waals surface area contributed by atoms with E-state index in [0.29, 0.717) is 17.8 Å². The summed E-state index contributed by atoms with van der Waals surface area (Å²) in [6.07, 6.45) is 0. The molecule has 0 fully saturated rings. The quantitative estimate of drug-likeness (QED) is 0.869. The van der Waals surface area contributed by atoms with Crippen LogP contribution in [0.5, 0.6) is 0 Å². The smallest absolute Gasteiger partial charge is 0.254 e. The average molecular weight is 268 g/mol. The number of aryl methyl sites for hydroxylation is 2. The van der Waals surface area contributed by atoms with Gasteiger partial charge in [0.15, 0.2) is 0 Å². The minimum Gasteiger partial charge on any atom is -0.399 e. The van der Waals surface area contributed by atoms with Gasteiger partial charge in [-0.15, -0.1) is 0 Å². The molecule has 2 aromatic carbocycles. The van der Waals surface area contributed by atoms with Gasteiger partial charge in [-0.3, -0.25) is 4.79 Å². The van der Waals surface area contributed by atoms with Crippen LogP contribution in [0.25, 0.3) is 0 Å². The number of rotatable bonds is 3. The molecule has 104 valence electrons. The van der Waals surface area contributed by atoms with E-state index in [9.17, 15) is 4.79 Å². The normalized spacial score (nSPS) is 10.3. The summed E-state index contributed by atoms with van der Waals surface area (Å²) in [4.78, 5) is 14.2. The molecule has 2 rings (SSSR count). The van der Waals surface area contributed by atoms with Gasteiger partial charge in [0.05, 0.1) is 0 Å². The molecule has 0 unspecified atom stereocenters. The molecular weight excluding hydrogens is 248 g/mol. The maximum absolute atomic E-state index is 12.5. The first kappa shape index (κ1) is 14.1. The Morgan fingerprint density at radius 3 is 2.50 bits per heavy atom. The molecule has 0 aliphatic heterocycles. The fourth-order valence-corrected chi connectivity index (χ4v) is 2.19. The third kappa shape index (κ3) is 2.99. The van der Waals surface area contributed by atoms with Gasteiger partial charge in [-0.1, -0.05) is 30.3 Å². The Balaban J connectivity index is 2.21. The van der Waals surface area contributed by atoms with Gasteiger partial charge < -0.3 is 10.6 Å². The minimum absolute atomic E-state index is 0.00180. The van der Waals surface area contributed by atoms with E-state index in [0.717, 1.165) is 11.1 Å². The van der Waals surface area contributed by atoms with Gasteiger partial charge in [-0.05, 0) is 42.7 Å². The zero-order valence-electron chi connectivity index (χ0n) is 12.2. The standard InChI is InChI=1S/C17H20N2O/c1-12-6-4-5-7-14(12)11-19(3)17(20)16-10-15(18)9-8-13(16)2/h4-10H,11,18H2,1-3H3. The van der Waals surface area contributed by atoms with Crippen molar-refractivity contribution in [3.05, 3.63) is 64.7 Å². The van der Waals surface area contributed by atoms with Crippen molar-refractivity contribution in [3.8, 4) is 0 Å². The highest BCUT2D eigenvalue weighted by Gasteiger charge is 2.15. The van der Waals surface area contributed by atoms with E-state index in [4.69, 9.17) is 5.73 Å². The van der Waals surface area contributed by atoms with E-state index >= 15 is 0 Å². The third-order valence-corrected chi connectivity index (χ3v) is 3.51. The fraction of sp³-hybridized carbons (Fsp3) is 0.235. The lowest BCUT2D eigenvalue weighted by molar-refractivity contribution is 0.0784. The molecule has 0 heterocycles. The number of nitrogens with zero attached hydrogens (tertiary/aromatic N) is 1. The largest absolute Gasteiger partial charge is 0.399 e. The highest BCUT2D eigenvalue weighted by atomic mass is 16.2. The Labute approximate surface area is 120 Å². The fourth-order valence-electron chi connectivity index (χ4n) is 2.19. The van der Waals surface area contributed by atoms with E-state index in [2.05, 4.69) is 13.0 Å². The van der Waals surface area contributed by atoms with Crippen molar-refractivity contribution in [2.45, 2.75) is 20.4 Å². The first-order valence-corrected chi connectivity index (χ1v) is 6.65. The molecule has 0 radical (unpaired) electrons. The van der Waals surface area contributed by atoms with E-state index in [-0.39, 0.29) is 5.91 Å². The van der Waals surface area contributed by atoms with Crippen molar-refractivity contribution in [1.82, 2.24) is 4.90 Å². The van der Waals surface area contributed by atoms with Gasteiger partial charge in [0, 0.05) is 24.8 Å². The van der Waals surface area contributed by atoms with Crippen molar-refractivity contribution >= 4 is 11.6 Å². The molecule has 0 saturated carbocycles. The molecule has 2 N–H and O–H groups in total. The molecule has 20 heavy (non-hydrogen) atoms. The number of anilines is 1. The van der Waals surface area contributed by atoms with Crippen molar-refractivity contribution < 1.29 is 4.79 Å². The Kier molecular flexibility index (Phi) is 4.08. The monoisotopic (exact) mass is 268 g/mol. The molecule has 0 aliphatic carbocycles. The van der Waals surface area contributed by atoms with Crippen LogP contribution in [0.3, 0.4) is 0 Å². The molecule has 0 saturated heterocycles. The summed E-state index contributed by atoms with van der Waals surface area (Å²) in [6, 6.07) is 13.5. The van der Waals surface area contributed by atoms with E-state index in [1.807, 2.05) is 44.3 Å². The molecule has 0 aliphatic rings. The lowest BCUT2D eigenvalue weighted by Crippen LogP contribution is -2.27. The molecular formula is C17H20N2O. The molecule has 3 heteroatoms. The van der Waals surface area contributed by atoms with Gasteiger partial charge in [0.2, 0.25) is 0 Å². The second-order valence-corrected chi connectivity index (χ2v) is 5.16.